The van der Waals surface area contributed by atoms with E-state index in [4.69, 9.17) is 10.5 Å². The van der Waals surface area contributed by atoms with E-state index in [1.165, 1.54) is 6.07 Å². The average Bonchev–Trinajstić information content (AvgIpc) is 2.34. The highest BCUT2D eigenvalue weighted by molar-refractivity contribution is 9.10. The summed E-state index contributed by atoms with van der Waals surface area (Å²) >= 11 is 3.20. The zero-order valence-corrected chi connectivity index (χ0v) is 11.3. The summed E-state index contributed by atoms with van der Waals surface area (Å²) in [6, 6.07) is 12.2. The molecule has 0 aliphatic carbocycles. The van der Waals surface area contributed by atoms with Gasteiger partial charge in [-0.25, -0.2) is 4.39 Å². The van der Waals surface area contributed by atoms with Crippen molar-refractivity contribution in [3.05, 3.63) is 58.3 Å². The van der Waals surface area contributed by atoms with Crippen molar-refractivity contribution in [3.63, 3.8) is 0 Å². The van der Waals surface area contributed by atoms with Gasteiger partial charge in [0.2, 0.25) is 0 Å². The molecule has 0 heterocycles. The lowest BCUT2D eigenvalue weighted by Crippen LogP contribution is -2.02. The molecule has 2 aromatic rings. The minimum absolute atomic E-state index is 0.211. The van der Waals surface area contributed by atoms with Crippen molar-refractivity contribution < 1.29 is 9.13 Å². The summed E-state index contributed by atoms with van der Waals surface area (Å²) in [4.78, 5) is 0. The number of nitrogens with two attached hydrogens (primary N) is 1. The molecular weight excluding hydrogens is 297 g/mol. The van der Waals surface area contributed by atoms with E-state index in [0.717, 1.165) is 12.0 Å². The van der Waals surface area contributed by atoms with Crippen LogP contribution in [0.4, 0.5) is 4.39 Å². The fourth-order valence-corrected chi connectivity index (χ4v) is 1.95. The van der Waals surface area contributed by atoms with E-state index < -0.39 is 5.82 Å². The third kappa shape index (κ3) is 3.31. The highest BCUT2D eigenvalue weighted by Crippen LogP contribution is 2.27. The lowest BCUT2D eigenvalue weighted by Gasteiger charge is -2.08. The molecule has 0 saturated carbocycles. The summed E-state index contributed by atoms with van der Waals surface area (Å²) in [5, 5.41) is 0. The van der Waals surface area contributed by atoms with Gasteiger partial charge in [0.05, 0.1) is 0 Å². The molecular formula is C14H13BrFNO. The van der Waals surface area contributed by atoms with E-state index >= 15 is 0 Å². The summed E-state index contributed by atoms with van der Waals surface area (Å²) in [7, 11) is 0. The van der Waals surface area contributed by atoms with E-state index in [9.17, 15) is 4.39 Å². The maximum Gasteiger partial charge on any atom is 0.166 e. The standard InChI is InChI=1S/C14H13BrFNO/c15-11-4-5-14(13(16)9-11)18-12-3-1-2-10(8-12)6-7-17/h1-5,8-9H,6-7,17H2. The van der Waals surface area contributed by atoms with Crippen LogP contribution in [0, 0.1) is 5.82 Å². The first kappa shape index (κ1) is 13.1. The third-order valence-corrected chi connectivity index (χ3v) is 2.95. The van der Waals surface area contributed by atoms with Crippen molar-refractivity contribution in [1.29, 1.82) is 0 Å². The summed E-state index contributed by atoms with van der Waals surface area (Å²) in [6.07, 6.45) is 0.778. The minimum atomic E-state index is -0.395. The van der Waals surface area contributed by atoms with E-state index in [0.29, 0.717) is 16.8 Å². The molecule has 94 valence electrons. The number of ether oxygens (including phenoxy) is 1. The minimum Gasteiger partial charge on any atom is -0.454 e. The van der Waals surface area contributed by atoms with Crippen molar-refractivity contribution in [3.8, 4) is 11.5 Å². The van der Waals surface area contributed by atoms with Crippen LogP contribution in [0.3, 0.4) is 0 Å². The Bertz CT molecular complexity index is 545. The van der Waals surface area contributed by atoms with Gasteiger partial charge in [0.25, 0.3) is 0 Å². The molecule has 2 nitrogen and oxygen atoms in total. The number of halogens is 2. The second-order valence-electron chi connectivity index (χ2n) is 3.86. The highest BCUT2D eigenvalue weighted by atomic mass is 79.9. The predicted octanol–water partition coefficient (Wildman–Crippen LogP) is 3.88. The maximum absolute atomic E-state index is 13.6. The van der Waals surface area contributed by atoms with Crippen LogP contribution in [-0.2, 0) is 6.42 Å². The SMILES string of the molecule is NCCc1cccc(Oc2ccc(Br)cc2F)c1. The summed E-state index contributed by atoms with van der Waals surface area (Å²) in [6.45, 7) is 0.579. The smallest absolute Gasteiger partial charge is 0.166 e. The zero-order valence-electron chi connectivity index (χ0n) is 9.70. The lowest BCUT2D eigenvalue weighted by atomic mass is 10.1. The molecule has 18 heavy (non-hydrogen) atoms. The summed E-state index contributed by atoms with van der Waals surface area (Å²) in [5.41, 5.74) is 6.57. The van der Waals surface area contributed by atoms with Crippen LogP contribution in [0.1, 0.15) is 5.56 Å². The van der Waals surface area contributed by atoms with E-state index in [2.05, 4.69) is 15.9 Å². The molecule has 0 spiro atoms. The summed E-state index contributed by atoms with van der Waals surface area (Å²) in [5.74, 6) is 0.430. The predicted molar refractivity (Wildman–Crippen MR) is 73.4 cm³/mol. The van der Waals surface area contributed by atoms with Gasteiger partial charge >= 0.3 is 0 Å². The molecule has 2 aromatic carbocycles. The number of hydrogen-bond donors (Lipinski definition) is 1. The van der Waals surface area contributed by atoms with Crippen LogP contribution >= 0.6 is 15.9 Å². The molecule has 0 aliphatic rings. The largest absolute Gasteiger partial charge is 0.454 e. The molecule has 0 unspecified atom stereocenters. The number of hydrogen-bond acceptors (Lipinski definition) is 2. The fraction of sp³-hybridized carbons (Fsp3) is 0.143. The molecule has 0 radical (unpaired) electrons. The van der Waals surface area contributed by atoms with Gasteiger partial charge in [0, 0.05) is 4.47 Å². The Labute approximate surface area is 114 Å². The number of rotatable bonds is 4. The Balaban J connectivity index is 2.20. The van der Waals surface area contributed by atoms with Crippen LogP contribution in [0.2, 0.25) is 0 Å². The van der Waals surface area contributed by atoms with Gasteiger partial charge in [-0.05, 0) is 48.9 Å². The molecule has 0 aliphatic heterocycles. The molecule has 0 aromatic heterocycles. The first-order chi connectivity index (χ1) is 8.69. The van der Waals surface area contributed by atoms with Crippen LogP contribution in [-0.4, -0.2) is 6.54 Å². The van der Waals surface area contributed by atoms with Crippen LogP contribution < -0.4 is 10.5 Å². The van der Waals surface area contributed by atoms with Gasteiger partial charge < -0.3 is 10.5 Å². The van der Waals surface area contributed by atoms with Crippen LogP contribution in [0.25, 0.3) is 0 Å². The molecule has 0 atom stereocenters. The first-order valence-corrected chi connectivity index (χ1v) is 6.40. The van der Waals surface area contributed by atoms with Crippen molar-refractivity contribution >= 4 is 15.9 Å². The van der Waals surface area contributed by atoms with E-state index in [1.54, 1.807) is 18.2 Å². The lowest BCUT2D eigenvalue weighted by molar-refractivity contribution is 0.441. The van der Waals surface area contributed by atoms with Gasteiger partial charge in [-0.1, -0.05) is 28.1 Å². The first-order valence-electron chi connectivity index (χ1n) is 5.61. The van der Waals surface area contributed by atoms with Gasteiger partial charge in [-0.15, -0.1) is 0 Å². The Kier molecular flexibility index (Phi) is 4.33. The molecule has 0 fully saturated rings. The number of benzene rings is 2. The fourth-order valence-electron chi connectivity index (χ4n) is 1.62. The van der Waals surface area contributed by atoms with Crippen molar-refractivity contribution in [2.75, 3.05) is 6.54 Å². The molecule has 0 amide bonds. The molecule has 0 saturated heterocycles. The molecule has 2 rings (SSSR count). The van der Waals surface area contributed by atoms with E-state index in [1.807, 2.05) is 18.2 Å². The van der Waals surface area contributed by atoms with Gasteiger partial charge in [0.15, 0.2) is 11.6 Å². The second kappa shape index (κ2) is 5.98. The third-order valence-electron chi connectivity index (χ3n) is 2.45. The zero-order chi connectivity index (χ0) is 13.0. The highest BCUT2D eigenvalue weighted by Gasteiger charge is 2.05. The molecule has 2 N–H and O–H groups in total. The molecule has 0 bridgehead atoms. The topological polar surface area (TPSA) is 35.2 Å². The Morgan fingerprint density at radius 1 is 1.17 bits per heavy atom. The molecule has 4 heteroatoms. The normalized spacial score (nSPS) is 10.4. The Hall–Kier alpha value is -1.39. The average molecular weight is 310 g/mol. The van der Waals surface area contributed by atoms with Crippen LogP contribution in [0.5, 0.6) is 11.5 Å². The van der Waals surface area contributed by atoms with Crippen molar-refractivity contribution in [1.82, 2.24) is 0 Å². The monoisotopic (exact) mass is 309 g/mol. The maximum atomic E-state index is 13.6. The van der Waals surface area contributed by atoms with Gasteiger partial charge in [-0.2, -0.15) is 0 Å². The quantitative estimate of drug-likeness (QED) is 0.930. The van der Waals surface area contributed by atoms with E-state index in [-0.39, 0.29) is 5.75 Å². The Morgan fingerprint density at radius 3 is 2.72 bits per heavy atom. The van der Waals surface area contributed by atoms with Crippen molar-refractivity contribution in [2.24, 2.45) is 5.73 Å². The second-order valence-corrected chi connectivity index (χ2v) is 4.78. The Morgan fingerprint density at radius 2 is 2.00 bits per heavy atom. The summed E-state index contributed by atoms with van der Waals surface area (Å²) < 4.78 is 19.8. The van der Waals surface area contributed by atoms with Gasteiger partial charge in [-0.3, -0.25) is 0 Å². The van der Waals surface area contributed by atoms with Crippen molar-refractivity contribution in [2.45, 2.75) is 6.42 Å². The van der Waals surface area contributed by atoms with Gasteiger partial charge in [0.1, 0.15) is 5.75 Å². The van der Waals surface area contributed by atoms with Crippen LogP contribution in [0.15, 0.2) is 46.9 Å².